The van der Waals surface area contributed by atoms with Crippen molar-refractivity contribution in [3.05, 3.63) is 34.6 Å². The molecule has 0 aliphatic carbocycles. The maximum absolute atomic E-state index is 13.8. The van der Waals surface area contributed by atoms with Gasteiger partial charge in [0.05, 0.1) is 0 Å². The van der Waals surface area contributed by atoms with Crippen molar-refractivity contribution in [1.29, 1.82) is 0 Å². The number of hydrogen-bond donors (Lipinski definition) is 1. The van der Waals surface area contributed by atoms with E-state index in [1.54, 1.807) is 12.1 Å². The predicted octanol–water partition coefficient (Wildman–Crippen LogP) is 4.83. The van der Waals surface area contributed by atoms with Gasteiger partial charge in [-0.15, -0.1) is 0 Å². The molecule has 1 unspecified atom stereocenters. The molecule has 1 aromatic rings. The van der Waals surface area contributed by atoms with Crippen LogP contribution in [0.4, 0.5) is 4.39 Å². The third kappa shape index (κ3) is 6.40. The molecular weight excluding hydrogens is 261 g/mol. The molecule has 0 heterocycles. The molecule has 0 amide bonds. The number of nitrogens with one attached hydrogen (secondary N) is 1. The Balaban J connectivity index is 2.69. The molecule has 0 saturated heterocycles. The smallest absolute Gasteiger partial charge is 0.126 e. The van der Waals surface area contributed by atoms with E-state index in [0.717, 1.165) is 31.4 Å². The maximum atomic E-state index is 13.8. The second-order valence-corrected chi connectivity index (χ2v) is 6.66. The highest BCUT2D eigenvalue weighted by molar-refractivity contribution is 6.30. The number of rotatable bonds is 6. The van der Waals surface area contributed by atoms with Crippen LogP contribution in [0.2, 0.25) is 5.02 Å². The summed E-state index contributed by atoms with van der Waals surface area (Å²) in [7, 11) is 0. The van der Waals surface area contributed by atoms with Gasteiger partial charge < -0.3 is 5.32 Å². The fourth-order valence-corrected chi connectivity index (χ4v) is 2.34. The van der Waals surface area contributed by atoms with Crippen molar-refractivity contribution in [2.24, 2.45) is 5.92 Å². The monoisotopic (exact) mass is 285 g/mol. The average molecular weight is 286 g/mol. The average Bonchev–Trinajstić information content (AvgIpc) is 2.30. The third-order valence-corrected chi connectivity index (χ3v) is 3.37. The molecule has 1 nitrogen and oxygen atoms in total. The summed E-state index contributed by atoms with van der Waals surface area (Å²) in [5, 5.41) is 4.11. The Morgan fingerprint density at radius 2 is 2.00 bits per heavy atom. The van der Waals surface area contributed by atoms with Gasteiger partial charge in [-0.2, -0.15) is 0 Å². The van der Waals surface area contributed by atoms with Gasteiger partial charge in [-0.25, -0.2) is 4.39 Å². The van der Waals surface area contributed by atoms with Crippen molar-refractivity contribution in [3.63, 3.8) is 0 Å². The zero-order chi connectivity index (χ0) is 14.5. The van der Waals surface area contributed by atoms with Crippen LogP contribution in [0, 0.1) is 11.7 Å². The highest BCUT2D eigenvalue weighted by Gasteiger charge is 2.16. The molecule has 0 saturated carbocycles. The molecule has 0 fully saturated rings. The van der Waals surface area contributed by atoms with E-state index in [9.17, 15) is 4.39 Å². The van der Waals surface area contributed by atoms with Gasteiger partial charge in [-0.05, 0) is 69.8 Å². The summed E-state index contributed by atoms with van der Waals surface area (Å²) in [6.45, 7) is 9.52. The summed E-state index contributed by atoms with van der Waals surface area (Å²) in [4.78, 5) is 0. The molecule has 19 heavy (non-hydrogen) atoms. The Bertz CT molecular complexity index is 398. The van der Waals surface area contributed by atoms with Crippen molar-refractivity contribution in [2.45, 2.75) is 52.5 Å². The molecule has 1 atom stereocenters. The second kappa shape index (κ2) is 7.25. The van der Waals surface area contributed by atoms with Gasteiger partial charge in [0.25, 0.3) is 0 Å². The van der Waals surface area contributed by atoms with E-state index >= 15 is 0 Å². The molecule has 0 aromatic heterocycles. The third-order valence-electron chi connectivity index (χ3n) is 3.13. The van der Waals surface area contributed by atoms with E-state index in [1.165, 1.54) is 6.07 Å². The fourth-order valence-electron chi connectivity index (χ4n) is 2.15. The lowest BCUT2D eigenvalue weighted by atomic mass is 9.93. The molecule has 3 heteroatoms. The topological polar surface area (TPSA) is 12.0 Å². The van der Waals surface area contributed by atoms with Crippen LogP contribution in [-0.2, 0) is 6.42 Å². The number of hydrogen-bond acceptors (Lipinski definition) is 1. The van der Waals surface area contributed by atoms with E-state index in [4.69, 9.17) is 11.6 Å². The molecule has 0 bridgehead atoms. The standard InChI is InChI=1S/C16H25ClFN/c1-5-6-12(11-19-16(2,3)4)9-13-10-14(17)7-8-15(13)18/h7-8,10,12,19H,5-6,9,11H2,1-4H3. The Morgan fingerprint density at radius 1 is 1.32 bits per heavy atom. The lowest BCUT2D eigenvalue weighted by molar-refractivity contribution is 0.352. The highest BCUT2D eigenvalue weighted by atomic mass is 35.5. The molecule has 1 aromatic carbocycles. The van der Waals surface area contributed by atoms with Crippen LogP contribution >= 0.6 is 11.6 Å². The zero-order valence-corrected chi connectivity index (χ0v) is 13.1. The van der Waals surface area contributed by atoms with E-state index in [0.29, 0.717) is 10.9 Å². The maximum Gasteiger partial charge on any atom is 0.126 e. The summed E-state index contributed by atoms with van der Waals surface area (Å²) in [6, 6.07) is 4.80. The Labute approximate surface area is 121 Å². The lowest BCUT2D eigenvalue weighted by Crippen LogP contribution is -2.39. The SMILES string of the molecule is CCCC(CNC(C)(C)C)Cc1cc(Cl)ccc1F. The molecule has 1 N–H and O–H groups in total. The summed E-state index contributed by atoms with van der Waals surface area (Å²) >= 11 is 5.94. The van der Waals surface area contributed by atoms with Gasteiger partial charge in [0.2, 0.25) is 0 Å². The van der Waals surface area contributed by atoms with Gasteiger partial charge in [0, 0.05) is 10.6 Å². The van der Waals surface area contributed by atoms with Crippen molar-refractivity contribution < 1.29 is 4.39 Å². The van der Waals surface area contributed by atoms with Crippen molar-refractivity contribution in [3.8, 4) is 0 Å². The Hall–Kier alpha value is -0.600. The molecule has 0 aliphatic rings. The molecular formula is C16H25ClFN. The molecule has 108 valence electrons. The molecule has 0 spiro atoms. The Kier molecular flexibility index (Phi) is 6.28. The van der Waals surface area contributed by atoms with Crippen LogP contribution in [0.5, 0.6) is 0 Å². The van der Waals surface area contributed by atoms with Crippen LogP contribution in [0.1, 0.15) is 46.1 Å². The van der Waals surface area contributed by atoms with Crippen LogP contribution < -0.4 is 5.32 Å². The van der Waals surface area contributed by atoms with E-state index in [-0.39, 0.29) is 11.4 Å². The zero-order valence-electron chi connectivity index (χ0n) is 12.4. The normalized spacial score (nSPS) is 13.6. The highest BCUT2D eigenvalue weighted by Crippen LogP contribution is 2.20. The summed E-state index contributed by atoms with van der Waals surface area (Å²) in [5.41, 5.74) is 0.820. The van der Waals surface area contributed by atoms with Crippen LogP contribution in [0.15, 0.2) is 18.2 Å². The van der Waals surface area contributed by atoms with Gasteiger partial charge in [0.1, 0.15) is 5.82 Å². The van der Waals surface area contributed by atoms with E-state index in [1.807, 2.05) is 0 Å². The molecule has 0 radical (unpaired) electrons. The fraction of sp³-hybridized carbons (Fsp3) is 0.625. The van der Waals surface area contributed by atoms with Crippen molar-refractivity contribution in [1.82, 2.24) is 5.32 Å². The number of halogens is 2. The van der Waals surface area contributed by atoms with Crippen molar-refractivity contribution in [2.75, 3.05) is 6.54 Å². The minimum Gasteiger partial charge on any atom is -0.312 e. The minimum absolute atomic E-state index is 0.0961. The predicted molar refractivity (Wildman–Crippen MR) is 81.3 cm³/mol. The van der Waals surface area contributed by atoms with Gasteiger partial charge in [-0.1, -0.05) is 24.9 Å². The van der Waals surface area contributed by atoms with Crippen LogP contribution in [0.3, 0.4) is 0 Å². The number of benzene rings is 1. The summed E-state index contributed by atoms with van der Waals surface area (Å²) in [5.74, 6) is 0.290. The second-order valence-electron chi connectivity index (χ2n) is 6.23. The summed E-state index contributed by atoms with van der Waals surface area (Å²) < 4.78 is 13.8. The van der Waals surface area contributed by atoms with Crippen LogP contribution in [-0.4, -0.2) is 12.1 Å². The quantitative estimate of drug-likeness (QED) is 0.790. The molecule has 0 aliphatic heterocycles. The van der Waals surface area contributed by atoms with Crippen LogP contribution in [0.25, 0.3) is 0 Å². The summed E-state index contributed by atoms with van der Waals surface area (Å²) in [6.07, 6.45) is 2.94. The van der Waals surface area contributed by atoms with E-state index < -0.39 is 0 Å². The molecule has 1 rings (SSSR count). The van der Waals surface area contributed by atoms with Gasteiger partial charge in [-0.3, -0.25) is 0 Å². The van der Waals surface area contributed by atoms with Gasteiger partial charge >= 0.3 is 0 Å². The van der Waals surface area contributed by atoms with Gasteiger partial charge in [0.15, 0.2) is 0 Å². The largest absolute Gasteiger partial charge is 0.312 e. The Morgan fingerprint density at radius 3 is 2.58 bits per heavy atom. The first-order chi connectivity index (χ1) is 8.81. The first kappa shape index (κ1) is 16.5. The minimum atomic E-state index is -0.152. The first-order valence-corrected chi connectivity index (χ1v) is 7.38. The van der Waals surface area contributed by atoms with Crippen molar-refractivity contribution >= 4 is 11.6 Å². The van der Waals surface area contributed by atoms with E-state index in [2.05, 4.69) is 33.0 Å². The first-order valence-electron chi connectivity index (χ1n) is 7.00. The lowest BCUT2D eigenvalue weighted by Gasteiger charge is -2.25.